The molecule has 0 unspecified atom stereocenters. The van der Waals surface area contributed by atoms with Crippen molar-refractivity contribution in [1.82, 2.24) is 9.97 Å². The van der Waals surface area contributed by atoms with Crippen LogP contribution < -0.4 is 5.56 Å². The molecule has 0 spiro atoms. The topological polar surface area (TPSA) is 45.8 Å². The summed E-state index contributed by atoms with van der Waals surface area (Å²) < 4.78 is 26.2. The summed E-state index contributed by atoms with van der Waals surface area (Å²) in [6.45, 7) is 1.95. The molecule has 5 heteroatoms. The van der Waals surface area contributed by atoms with E-state index in [-0.39, 0.29) is 16.8 Å². The van der Waals surface area contributed by atoms with Crippen molar-refractivity contribution in [1.29, 1.82) is 0 Å². The number of nitrogens with one attached hydrogen (secondary N) is 1. The maximum absolute atomic E-state index is 13.1. The van der Waals surface area contributed by atoms with E-state index in [1.54, 1.807) is 0 Å². The SMILES string of the molecule is CCCc1nc(-c2cc(F)cc(F)c2)cc(=O)[nH]1. The lowest BCUT2D eigenvalue weighted by Gasteiger charge is -2.04. The zero-order chi connectivity index (χ0) is 13.1. The zero-order valence-corrected chi connectivity index (χ0v) is 9.84. The number of hydrogen-bond acceptors (Lipinski definition) is 2. The second-order valence-electron chi connectivity index (χ2n) is 3.99. The van der Waals surface area contributed by atoms with Crippen molar-refractivity contribution in [2.75, 3.05) is 0 Å². The molecule has 0 aliphatic heterocycles. The van der Waals surface area contributed by atoms with Crippen molar-refractivity contribution in [3.05, 3.63) is 52.1 Å². The second kappa shape index (κ2) is 5.08. The molecule has 0 saturated carbocycles. The van der Waals surface area contributed by atoms with Crippen LogP contribution in [0.2, 0.25) is 0 Å². The third-order valence-electron chi connectivity index (χ3n) is 2.44. The molecule has 94 valence electrons. The van der Waals surface area contributed by atoms with Gasteiger partial charge >= 0.3 is 0 Å². The number of aromatic amines is 1. The molecule has 1 aromatic heterocycles. The molecule has 0 amide bonds. The van der Waals surface area contributed by atoms with Crippen molar-refractivity contribution in [3.8, 4) is 11.3 Å². The summed E-state index contributed by atoms with van der Waals surface area (Å²) in [5.74, 6) is -0.863. The molecule has 1 heterocycles. The summed E-state index contributed by atoms with van der Waals surface area (Å²) in [5, 5.41) is 0. The Balaban J connectivity index is 2.52. The zero-order valence-electron chi connectivity index (χ0n) is 9.84. The van der Waals surface area contributed by atoms with E-state index in [0.717, 1.165) is 24.6 Å². The van der Waals surface area contributed by atoms with Gasteiger partial charge in [-0.25, -0.2) is 13.8 Å². The summed E-state index contributed by atoms with van der Waals surface area (Å²) in [5.41, 5.74) is 0.213. The smallest absolute Gasteiger partial charge is 0.251 e. The van der Waals surface area contributed by atoms with Gasteiger partial charge in [-0.2, -0.15) is 0 Å². The van der Waals surface area contributed by atoms with E-state index in [9.17, 15) is 13.6 Å². The molecule has 0 radical (unpaired) electrons. The van der Waals surface area contributed by atoms with Crippen molar-refractivity contribution < 1.29 is 8.78 Å². The van der Waals surface area contributed by atoms with E-state index < -0.39 is 11.6 Å². The van der Waals surface area contributed by atoms with Gasteiger partial charge in [-0.05, 0) is 18.6 Å². The quantitative estimate of drug-likeness (QED) is 0.910. The van der Waals surface area contributed by atoms with E-state index >= 15 is 0 Å². The van der Waals surface area contributed by atoms with Gasteiger partial charge in [0.05, 0.1) is 5.69 Å². The lowest BCUT2D eigenvalue weighted by atomic mass is 10.1. The molecular formula is C13H12F2N2O. The molecule has 0 bridgehead atoms. The lowest BCUT2D eigenvalue weighted by Crippen LogP contribution is -2.11. The molecule has 0 aliphatic rings. The number of rotatable bonds is 3. The Morgan fingerprint density at radius 1 is 1.17 bits per heavy atom. The average Bonchev–Trinajstić information content (AvgIpc) is 2.27. The summed E-state index contributed by atoms with van der Waals surface area (Å²) in [6, 6.07) is 4.32. The standard InChI is InChI=1S/C13H12F2N2O/c1-2-3-12-16-11(7-13(18)17-12)8-4-9(14)6-10(15)5-8/h4-7H,2-3H2,1H3,(H,16,17,18). The number of hydrogen-bond donors (Lipinski definition) is 1. The van der Waals surface area contributed by atoms with Gasteiger partial charge in [0.2, 0.25) is 0 Å². The molecule has 2 aromatic rings. The van der Waals surface area contributed by atoms with Crippen LogP contribution in [0.4, 0.5) is 8.78 Å². The first-order valence-electron chi connectivity index (χ1n) is 5.65. The van der Waals surface area contributed by atoms with Gasteiger partial charge in [0.1, 0.15) is 17.5 Å². The Morgan fingerprint density at radius 3 is 2.44 bits per heavy atom. The molecule has 0 saturated heterocycles. The number of aromatic nitrogens is 2. The van der Waals surface area contributed by atoms with Gasteiger partial charge in [0, 0.05) is 24.1 Å². The maximum Gasteiger partial charge on any atom is 0.251 e. The molecule has 1 aromatic carbocycles. The molecule has 18 heavy (non-hydrogen) atoms. The van der Waals surface area contributed by atoms with Crippen LogP contribution in [0, 0.1) is 11.6 Å². The van der Waals surface area contributed by atoms with E-state index in [0.29, 0.717) is 12.2 Å². The third-order valence-corrected chi connectivity index (χ3v) is 2.44. The van der Waals surface area contributed by atoms with Crippen LogP contribution >= 0.6 is 0 Å². The Labute approximate surface area is 103 Å². The molecule has 2 rings (SSSR count). The van der Waals surface area contributed by atoms with Gasteiger partial charge in [0.25, 0.3) is 5.56 Å². The summed E-state index contributed by atoms with van der Waals surface area (Å²) >= 11 is 0. The maximum atomic E-state index is 13.1. The minimum Gasteiger partial charge on any atom is -0.311 e. The summed E-state index contributed by atoms with van der Waals surface area (Å²) in [4.78, 5) is 18.2. The van der Waals surface area contributed by atoms with Gasteiger partial charge in [-0.1, -0.05) is 6.92 Å². The highest BCUT2D eigenvalue weighted by molar-refractivity contribution is 5.58. The number of aryl methyl sites for hydroxylation is 1. The van der Waals surface area contributed by atoms with E-state index in [2.05, 4.69) is 9.97 Å². The predicted molar refractivity (Wildman–Crippen MR) is 64.2 cm³/mol. The fourth-order valence-corrected chi connectivity index (χ4v) is 1.71. The number of benzene rings is 1. The molecule has 3 nitrogen and oxygen atoms in total. The highest BCUT2D eigenvalue weighted by Gasteiger charge is 2.07. The first-order valence-corrected chi connectivity index (χ1v) is 5.65. The highest BCUT2D eigenvalue weighted by atomic mass is 19.1. The molecule has 0 fully saturated rings. The van der Waals surface area contributed by atoms with Gasteiger partial charge in [-0.3, -0.25) is 4.79 Å². The first-order chi connectivity index (χ1) is 8.58. The summed E-state index contributed by atoms with van der Waals surface area (Å²) in [6.07, 6.45) is 1.44. The van der Waals surface area contributed by atoms with Crippen molar-refractivity contribution >= 4 is 0 Å². The molecule has 1 N–H and O–H groups in total. The molecule has 0 aliphatic carbocycles. The fraction of sp³-hybridized carbons (Fsp3) is 0.231. The van der Waals surface area contributed by atoms with Crippen LogP contribution in [-0.4, -0.2) is 9.97 Å². The van der Waals surface area contributed by atoms with E-state index in [4.69, 9.17) is 0 Å². The van der Waals surface area contributed by atoms with Crippen LogP contribution in [0.3, 0.4) is 0 Å². The van der Waals surface area contributed by atoms with Gasteiger partial charge in [0.15, 0.2) is 0 Å². The van der Waals surface area contributed by atoms with Crippen molar-refractivity contribution in [3.63, 3.8) is 0 Å². The van der Waals surface area contributed by atoms with Crippen LogP contribution in [-0.2, 0) is 6.42 Å². The molecular weight excluding hydrogens is 238 g/mol. The largest absolute Gasteiger partial charge is 0.311 e. The Hall–Kier alpha value is -2.04. The van der Waals surface area contributed by atoms with Crippen LogP contribution in [0.5, 0.6) is 0 Å². The Kier molecular flexibility index (Phi) is 3.50. The fourth-order valence-electron chi connectivity index (χ4n) is 1.71. The second-order valence-corrected chi connectivity index (χ2v) is 3.99. The lowest BCUT2D eigenvalue weighted by molar-refractivity contribution is 0.584. The van der Waals surface area contributed by atoms with E-state index in [1.807, 2.05) is 6.92 Å². The third kappa shape index (κ3) is 2.80. The number of halogens is 2. The van der Waals surface area contributed by atoms with Gasteiger partial charge < -0.3 is 4.98 Å². The van der Waals surface area contributed by atoms with Gasteiger partial charge in [-0.15, -0.1) is 0 Å². The van der Waals surface area contributed by atoms with E-state index in [1.165, 1.54) is 6.07 Å². The van der Waals surface area contributed by atoms with Crippen molar-refractivity contribution in [2.45, 2.75) is 19.8 Å². The Bertz CT molecular complexity index is 602. The number of H-pyrrole nitrogens is 1. The van der Waals surface area contributed by atoms with Crippen LogP contribution in [0.25, 0.3) is 11.3 Å². The highest BCUT2D eigenvalue weighted by Crippen LogP contribution is 2.18. The predicted octanol–water partition coefficient (Wildman–Crippen LogP) is 2.67. The van der Waals surface area contributed by atoms with Crippen molar-refractivity contribution in [2.24, 2.45) is 0 Å². The average molecular weight is 250 g/mol. The normalized spacial score (nSPS) is 10.6. The minimum atomic E-state index is -0.691. The van der Waals surface area contributed by atoms with Crippen LogP contribution in [0.1, 0.15) is 19.2 Å². The molecule has 0 atom stereocenters. The number of nitrogens with zero attached hydrogens (tertiary/aromatic N) is 1. The Morgan fingerprint density at radius 2 is 1.83 bits per heavy atom. The minimum absolute atomic E-state index is 0.260. The monoisotopic (exact) mass is 250 g/mol. The summed E-state index contributed by atoms with van der Waals surface area (Å²) in [7, 11) is 0. The first kappa shape index (κ1) is 12.4. The van der Waals surface area contributed by atoms with Crippen LogP contribution in [0.15, 0.2) is 29.1 Å².